The highest BCUT2D eigenvalue weighted by Gasteiger charge is 2.32. The average molecular weight is 406 g/mol. The Hall–Kier alpha value is -2.30. The fourth-order valence-corrected chi connectivity index (χ4v) is 4.79. The van der Waals surface area contributed by atoms with E-state index in [1.165, 1.54) is 28.6 Å². The smallest absolute Gasteiger partial charge is 0.322 e. The van der Waals surface area contributed by atoms with Crippen LogP contribution in [0.25, 0.3) is 0 Å². The number of nitrogens with one attached hydrogen (secondary N) is 1. The average Bonchev–Trinajstić information content (AvgIpc) is 3.40. The molecule has 2 aromatic rings. The zero-order valence-electron chi connectivity index (χ0n) is 15.7. The molecule has 2 heterocycles. The van der Waals surface area contributed by atoms with Crippen molar-refractivity contribution in [2.45, 2.75) is 49.7 Å². The van der Waals surface area contributed by atoms with Gasteiger partial charge < -0.3 is 9.15 Å². The second-order valence-electron chi connectivity index (χ2n) is 7.28. The number of hydrogen-bond donors (Lipinski definition) is 1. The molecule has 2 fully saturated rings. The lowest BCUT2D eigenvalue weighted by atomic mass is 10.2. The lowest BCUT2D eigenvalue weighted by Crippen LogP contribution is -2.48. The number of aromatic nitrogens is 2. The maximum atomic E-state index is 12.9. The molecule has 1 amide bonds. The molecule has 1 aliphatic carbocycles. The number of carbonyl (C=O) groups excluding carboxylic acids is 1. The van der Waals surface area contributed by atoms with Crippen molar-refractivity contribution in [1.29, 1.82) is 0 Å². The highest BCUT2D eigenvalue weighted by atomic mass is 32.2. The molecule has 0 radical (unpaired) electrons. The van der Waals surface area contributed by atoms with Gasteiger partial charge in [-0.3, -0.25) is 10.1 Å². The molecule has 1 aromatic heterocycles. The predicted molar refractivity (Wildman–Crippen MR) is 99.4 cm³/mol. The number of rotatable bonds is 5. The Bertz CT molecular complexity index is 958. The van der Waals surface area contributed by atoms with Gasteiger partial charge in [-0.15, -0.1) is 5.10 Å². The molecule has 1 saturated heterocycles. The molecule has 1 saturated carbocycles. The monoisotopic (exact) mass is 406 g/mol. The first-order valence-electron chi connectivity index (χ1n) is 9.23. The summed E-state index contributed by atoms with van der Waals surface area (Å²) in [5.74, 6) is 0.391. The topological polar surface area (TPSA) is 115 Å². The number of hydrogen-bond acceptors (Lipinski definition) is 7. The number of anilines is 1. The van der Waals surface area contributed by atoms with Crippen molar-refractivity contribution in [2.24, 2.45) is 0 Å². The van der Waals surface area contributed by atoms with Gasteiger partial charge in [-0.25, -0.2) is 8.42 Å². The summed E-state index contributed by atoms with van der Waals surface area (Å²) >= 11 is 0. The lowest BCUT2D eigenvalue weighted by Gasteiger charge is -2.34. The summed E-state index contributed by atoms with van der Waals surface area (Å²) < 4.78 is 38.1. The van der Waals surface area contributed by atoms with Crippen molar-refractivity contribution in [2.75, 3.05) is 18.4 Å². The molecule has 4 rings (SSSR count). The number of carbonyl (C=O) groups is 1. The van der Waals surface area contributed by atoms with Gasteiger partial charge in [0.15, 0.2) is 0 Å². The quantitative estimate of drug-likeness (QED) is 0.807. The van der Waals surface area contributed by atoms with Crippen molar-refractivity contribution in [3.05, 3.63) is 35.7 Å². The summed E-state index contributed by atoms with van der Waals surface area (Å²) in [6.07, 6.45) is 1.70. The van der Waals surface area contributed by atoms with E-state index < -0.39 is 15.9 Å². The number of amides is 1. The van der Waals surface area contributed by atoms with Crippen molar-refractivity contribution >= 4 is 21.9 Å². The van der Waals surface area contributed by atoms with Crippen LogP contribution in [0.5, 0.6) is 0 Å². The van der Waals surface area contributed by atoms with Gasteiger partial charge in [-0.05, 0) is 51.0 Å². The summed E-state index contributed by atoms with van der Waals surface area (Å²) in [6.45, 7) is 4.29. The van der Waals surface area contributed by atoms with Crippen LogP contribution in [0.3, 0.4) is 0 Å². The van der Waals surface area contributed by atoms with Crippen LogP contribution in [0.1, 0.15) is 48.9 Å². The van der Waals surface area contributed by atoms with E-state index in [1.807, 2.05) is 13.8 Å². The van der Waals surface area contributed by atoms with Crippen molar-refractivity contribution in [3.8, 4) is 0 Å². The number of ether oxygens (including phenoxy) is 1. The molecule has 1 aliphatic heterocycles. The Morgan fingerprint density at radius 2 is 1.75 bits per heavy atom. The van der Waals surface area contributed by atoms with Crippen molar-refractivity contribution in [3.63, 3.8) is 0 Å². The van der Waals surface area contributed by atoms with Gasteiger partial charge in [-0.1, -0.05) is 5.10 Å². The van der Waals surface area contributed by atoms with Gasteiger partial charge in [0.2, 0.25) is 15.9 Å². The third kappa shape index (κ3) is 3.94. The minimum atomic E-state index is -3.65. The molecule has 150 valence electrons. The van der Waals surface area contributed by atoms with Crippen LogP contribution in [-0.4, -0.2) is 54.1 Å². The molecule has 9 nitrogen and oxygen atoms in total. The van der Waals surface area contributed by atoms with Crippen molar-refractivity contribution < 1.29 is 22.4 Å². The Balaban J connectivity index is 1.45. The van der Waals surface area contributed by atoms with E-state index in [0.29, 0.717) is 30.5 Å². The largest absolute Gasteiger partial charge is 0.408 e. The van der Waals surface area contributed by atoms with E-state index >= 15 is 0 Å². The lowest BCUT2D eigenvalue weighted by molar-refractivity contribution is -0.0440. The second-order valence-corrected chi connectivity index (χ2v) is 9.22. The van der Waals surface area contributed by atoms with Gasteiger partial charge in [0.05, 0.1) is 17.1 Å². The standard InChI is InChI=1S/C18H22N4O5S/c1-11-9-22(10-12(2)26-11)28(24,25)15-7-5-13(6-8-15)16(23)19-18-21-20-17(27-18)14-3-4-14/h5-8,11-12,14H,3-4,9-10H2,1-2H3,(H,19,21,23). The molecule has 0 spiro atoms. The summed E-state index contributed by atoms with van der Waals surface area (Å²) in [5, 5.41) is 10.3. The third-order valence-electron chi connectivity index (χ3n) is 4.73. The molecule has 1 aromatic carbocycles. The van der Waals surface area contributed by atoms with Crippen LogP contribution in [0, 0.1) is 0 Å². The van der Waals surface area contributed by atoms with E-state index in [1.54, 1.807) is 0 Å². The van der Waals surface area contributed by atoms with Gasteiger partial charge in [0.25, 0.3) is 5.91 Å². The molecular weight excluding hydrogens is 384 g/mol. The van der Waals surface area contributed by atoms with Gasteiger partial charge in [-0.2, -0.15) is 4.31 Å². The van der Waals surface area contributed by atoms with Gasteiger partial charge in [0, 0.05) is 24.6 Å². The molecule has 10 heteroatoms. The molecule has 1 N–H and O–H groups in total. The Morgan fingerprint density at radius 1 is 1.11 bits per heavy atom. The minimum Gasteiger partial charge on any atom is -0.408 e. The van der Waals surface area contributed by atoms with Crippen LogP contribution in [0.2, 0.25) is 0 Å². The van der Waals surface area contributed by atoms with Gasteiger partial charge in [0.1, 0.15) is 0 Å². The zero-order chi connectivity index (χ0) is 19.9. The van der Waals surface area contributed by atoms with E-state index in [0.717, 1.165) is 12.8 Å². The zero-order valence-corrected chi connectivity index (χ0v) is 16.5. The third-order valence-corrected chi connectivity index (χ3v) is 6.57. The fraction of sp³-hybridized carbons (Fsp3) is 0.500. The Morgan fingerprint density at radius 3 is 2.36 bits per heavy atom. The van der Waals surface area contributed by atoms with Crippen LogP contribution >= 0.6 is 0 Å². The maximum absolute atomic E-state index is 12.9. The van der Waals surface area contributed by atoms with Crippen LogP contribution in [0.4, 0.5) is 6.01 Å². The molecule has 28 heavy (non-hydrogen) atoms. The van der Waals surface area contributed by atoms with E-state index in [4.69, 9.17) is 9.15 Å². The molecular formula is C18H22N4O5S. The molecule has 0 bridgehead atoms. The van der Waals surface area contributed by atoms with Crippen LogP contribution < -0.4 is 5.32 Å². The fourth-order valence-electron chi connectivity index (χ4n) is 3.20. The minimum absolute atomic E-state index is 0.0416. The van der Waals surface area contributed by atoms with Gasteiger partial charge >= 0.3 is 6.01 Å². The SMILES string of the molecule is CC1CN(S(=O)(=O)c2ccc(C(=O)Nc3nnc(C4CC4)o3)cc2)CC(C)O1. The first-order valence-corrected chi connectivity index (χ1v) is 10.7. The summed E-state index contributed by atoms with van der Waals surface area (Å²) in [6, 6.07) is 5.83. The first-order chi connectivity index (χ1) is 13.3. The van der Waals surface area contributed by atoms with Crippen LogP contribution in [-0.2, 0) is 14.8 Å². The summed E-state index contributed by atoms with van der Waals surface area (Å²) in [7, 11) is -3.65. The molecule has 2 atom stereocenters. The molecule has 2 aliphatic rings. The molecule has 2 unspecified atom stereocenters. The number of benzene rings is 1. The normalized spacial score (nSPS) is 23.5. The highest BCUT2D eigenvalue weighted by Crippen LogP contribution is 2.39. The van der Waals surface area contributed by atoms with E-state index in [2.05, 4.69) is 15.5 Å². The number of sulfonamides is 1. The summed E-state index contributed by atoms with van der Waals surface area (Å²) in [4.78, 5) is 12.5. The predicted octanol–water partition coefficient (Wildman–Crippen LogP) is 2.00. The van der Waals surface area contributed by atoms with E-state index in [-0.39, 0.29) is 23.1 Å². The Kier molecular flexibility index (Phi) is 4.94. The number of nitrogens with zero attached hydrogens (tertiary/aromatic N) is 3. The first kappa shape index (κ1) is 19.0. The number of morpholine rings is 1. The Labute approximate surface area is 163 Å². The highest BCUT2D eigenvalue weighted by molar-refractivity contribution is 7.89. The summed E-state index contributed by atoms with van der Waals surface area (Å²) in [5.41, 5.74) is 0.300. The van der Waals surface area contributed by atoms with Crippen LogP contribution in [0.15, 0.2) is 33.6 Å². The second kappa shape index (κ2) is 7.26. The van der Waals surface area contributed by atoms with Crippen molar-refractivity contribution in [1.82, 2.24) is 14.5 Å². The maximum Gasteiger partial charge on any atom is 0.322 e. The van der Waals surface area contributed by atoms with E-state index in [9.17, 15) is 13.2 Å².